The van der Waals surface area contributed by atoms with E-state index in [0.29, 0.717) is 0 Å². The van der Waals surface area contributed by atoms with Gasteiger partial charge in [-0.05, 0) is 24.3 Å². The summed E-state index contributed by atoms with van der Waals surface area (Å²) in [5.41, 5.74) is 11.2. The van der Waals surface area contributed by atoms with Gasteiger partial charge in [-0.3, -0.25) is 19.2 Å². The van der Waals surface area contributed by atoms with Gasteiger partial charge in [-0.25, -0.2) is 4.79 Å². The Morgan fingerprint density at radius 2 is 1.48 bits per heavy atom. The highest BCUT2D eigenvalue weighted by atomic mass is 16.4. The SMILES string of the molecule is CC(C)CC(NC(=O)C(Cc1ccccc1)NC(=O)C(CCC(N)=O)NC(=O)CN)C(=O)O. The summed E-state index contributed by atoms with van der Waals surface area (Å²) in [6.45, 7) is 3.29. The maximum absolute atomic E-state index is 13.0. The van der Waals surface area contributed by atoms with Crippen LogP contribution in [0.1, 0.15) is 38.7 Å². The third kappa shape index (κ3) is 10.6. The number of carbonyl (C=O) groups excluding carboxylic acids is 4. The van der Waals surface area contributed by atoms with Crippen molar-refractivity contribution in [3.8, 4) is 0 Å². The summed E-state index contributed by atoms with van der Waals surface area (Å²) in [5.74, 6) is -3.85. The van der Waals surface area contributed by atoms with E-state index in [9.17, 15) is 29.1 Å². The number of nitrogens with one attached hydrogen (secondary N) is 3. The molecule has 1 aromatic carbocycles. The van der Waals surface area contributed by atoms with Crippen LogP contribution < -0.4 is 27.4 Å². The molecule has 0 saturated heterocycles. The largest absolute Gasteiger partial charge is 0.480 e. The van der Waals surface area contributed by atoms with Crippen molar-refractivity contribution < 1.29 is 29.1 Å². The summed E-state index contributed by atoms with van der Waals surface area (Å²) >= 11 is 0. The number of hydrogen-bond donors (Lipinski definition) is 6. The molecule has 0 bridgehead atoms. The fraction of sp³-hybridized carbons (Fsp3) is 0.500. The Kier molecular flexibility index (Phi) is 11.6. The van der Waals surface area contributed by atoms with Crippen LogP contribution in [0.25, 0.3) is 0 Å². The predicted molar refractivity (Wildman–Crippen MR) is 121 cm³/mol. The summed E-state index contributed by atoms with van der Waals surface area (Å²) in [6, 6.07) is 5.44. The third-order valence-electron chi connectivity index (χ3n) is 4.75. The minimum absolute atomic E-state index is 0.0122. The second-order valence-corrected chi connectivity index (χ2v) is 8.11. The first kappa shape index (κ1) is 27.6. The van der Waals surface area contributed by atoms with Crippen LogP contribution in [0.4, 0.5) is 0 Å². The number of primary amides is 1. The maximum atomic E-state index is 13.0. The number of nitrogens with two attached hydrogens (primary N) is 2. The Morgan fingerprint density at radius 3 is 2.00 bits per heavy atom. The van der Waals surface area contributed by atoms with Gasteiger partial charge in [0.1, 0.15) is 18.1 Å². The monoisotopic (exact) mass is 463 g/mol. The summed E-state index contributed by atoms with van der Waals surface area (Å²) in [5, 5.41) is 16.9. The molecule has 0 aliphatic carbocycles. The van der Waals surface area contributed by atoms with Crippen molar-refractivity contribution in [2.45, 2.75) is 57.7 Å². The van der Waals surface area contributed by atoms with E-state index in [4.69, 9.17) is 11.5 Å². The lowest BCUT2D eigenvalue weighted by atomic mass is 10.0. The summed E-state index contributed by atoms with van der Waals surface area (Å²) in [4.78, 5) is 60.3. The van der Waals surface area contributed by atoms with Gasteiger partial charge in [-0.15, -0.1) is 0 Å². The molecule has 0 radical (unpaired) electrons. The molecule has 3 unspecified atom stereocenters. The van der Waals surface area contributed by atoms with Crippen molar-refractivity contribution in [2.24, 2.45) is 17.4 Å². The Bertz CT molecular complexity index is 830. The first-order valence-corrected chi connectivity index (χ1v) is 10.7. The van der Waals surface area contributed by atoms with Crippen LogP contribution in [0.3, 0.4) is 0 Å². The molecule has 0 aliphatic rings. The second kappa shape index (κ2) is 13.8. The van der Waals surface area contributed by atoms with Crippen LogP contribution in [-0.4, -0.2) is 59.4 Å². The summed E-state index contributed by atoms with van der Waals surface area (Å²) in [6.07, 6.45) is 0.0341. The van der Waals surface area contributed by atoms with Crippen LogP contribution in [0, 0.1) is 5.92 Å². The van der Waals surface area contributed by atoms with Crippen molar-refractivity contribution in [2.75, 3.05) is 6.54 Å². The minimum atomic E-state index is -1.18. The van der Waals surface area contributed by atoms with Gasteiger partial charge in [0.25, 0.3) is 0 Å². The fourth-order valence-electron chi connectivity index (χ4n) is 3.11. The highest BCUT2D eigenvalue weighted by Gasteiger charge is 2.30. The molecule has 11 nitrogen and oxygen atoms in total. The zero-order valence-corrected chi connectivity index (χ0v) is 18.9. The van der Waals surface area contributed by atoms with Gasteiger partial charge in [0.2, 0.25) is 23.6 Å². The van der Waals surface area contributed by atoms with Gasteiger partial charge >= 0.3 is 5.97 Å². The summed E-state index contributed by atoms with van der Waals surface area (Å²) in [7, 11) is 0. The molecule has 0 saturated carbocycles. The van der Waals surface area contributed by atoms with Crippen molar-refractivity contribution in [3.05, 3.63) is 35.9 Å². The predicted octanol–water partition coefficient (Wildman–Crippen LogP) is -0.962. The number of carboxylic acids is 1. The van der Waals surface area contributed by atoms with E-state index in [0.717, 1.165) is 5.56 Å². The van der Waals surface area contributed by atoms with Crippen molar-refractivity contribution in [3.63, 3.8) is 0 Å². The molecule has 1 aromatic rings. The molecular formula is C22H33N5O6. The average molecular weight is 464 g/mol. The number of benzene rings is 1. The molecule has 11 heteroatoms. The van der Waals surface area contributed by atoms with Gasteiger partial charge in [-0.1, -0.05) is 44.2 Å². The standard InChI is InChI=1S/C22H33N5O6/c1-13(2)10-17(22(32)33)27-21(31)16(11-14-6-4-3-5-7-14)26-20(30)15(8-9-18(24)28)25-19(29)12-23/h3-7,13,15-17H,8-12,23H2,1-2H3,(H2,24,28)(H,25,29)(H,26,30)(H,27,31)(H,32,33). The lowest BCUT2D eigenvalue weighted by molar-refractivity contribution is -0.142. The molecular weight excluding hydrogens is 430 g/mol. The molecule has 0 aliphatic heterocycles. The zero-order valence-electron chi connectivity index (χ0n) is 18.9. The van der Waals surface area contributed by atoms with Crippen LogP contribution >= 0.6 is 0 Å². The minimum Gasteiger partial charge on any atom is -0.480 e. The van der Waals surface area contributed by atoms with Crippen LogP contribution in [0.15, 0.2) is 30.3 Å². The van der Waals surface area contributed by atoms with Crippen molar-refractivity contribution >= 4 is 29.6 Å². The Labute approximate surface area is 192 Å². The molecule has 1 rings (SSSR count). The molecule has 182 valence electrons. The molecule has 0 fully saturated rings. The molecule has 8 N–H and O–H groups in total. The van der Waals surface area contributed by atoms with Crippen molar-refractivity contribution in [1.29, 1.82) is 0 Å². The van der Waals surface area contributed by atoms with Gasteiger partial charge in [-0.2, -0.15) is 0 Å². The van der Waals surface area contributed by atoms with E-state index in [1.165, 1.54) is 0 Å². The van der Waals surface area contributed by atoms with E-state index in [1.54, 1.807) is 30.3 Å². The first-order valence-electron chi connectivity index (χ1n) is 10.7. The number of carboxylic acid groups (broad SMARTS) is 1. The zero-order chi connectivity index (χ0) is 25.0. The average Bonchev–Trinajstić information content (AvgIpc) is 2.75. The van der Waals surface area contributed by atoms with E-state index >= 15 is 0 Å². The van der Waals surface area contributed by atoms with Gasteiger partial charge in [0, 0.05) is 12.8 Å². The van der Waals surface area contributed by atoms with Crippen LogP contribution in [0.2, 0.25) is 0 Å². The normalized spacial score (nSPS) is 13.5. The Morgan fingerprint density at radius 1 is 0.909 bits per heavy atom. The van der Waals surface area contributed by atoms with Crippen molar-refractivity contribution in [1.82, 2.24) is 16.0 Å². The van der Waals surface area contributed by atoms with Crippen LogP contribution in [0.5, 0.6) is 0 Å². The highest BCUT2D eigenvalue weighted by molar-refractivity contribution is 5.94. The highest BCUT2D eigenvalue weighted by Crippen LogP contribution is 2.09. The lowest BCUT2D eigenvalue weighted by Gasteiger charge is -2.25. The van der Waals surface area contributed by atoms with E-state index in [-0.39, 0.29) is 38.1 Å². The Hall–Kier alpha value is -3.47. The molecule has 0 spiro atoms. The number of hydrogen-bond acceptors (Lipinski definition) is 6. The lowest BCUT2D eigenvalue weighted by Crippen LogP contribution is -2.57. The topological polar surface area (TPSA) is 194 Å². The number of carbonyl (C=O) groups is 5. The van der Waals surface area contributed by atoms with E-state index in [1.807, 2.05) is 13.8 Å². The molecule has 0 heterocycles. The summed E-state index contributed by atoms with van der Waals surface area (Å²) < 4.78 is 0. The number of amides is 4. The van der Waals surface area contributed by atoms with E-state index < -0.39 is 47.7 Å². The number of rotatable bonds is 14. The Balaban J connectivity index is 3.08. The molecule has 3 atom stereocenters. The molecule has 33 heavy (non-hydrogen) atoms. The smallest absolute Gasteiger partial charge is 0.326 e. The quantitative estimate of drug-likeness (QED) is 0.204. The third-order valence-corrected chi connectivity index (χ3v) is 4.75. The van der Waals surface area contributed by atoms with Gasteiger partial charge in [0.15, 0.2) is 0 Å². The van der Waals surface area contributed by atoms with Crippen LogP contribution in [-0.2, 0) is 30.4 Å². The fourth-order valence-corrected chi connectivity index (χ4v) is 3.11. The van der Waals surface area contributed by atoms with E-state index in [2.05, 4.69) is 16.0 Å². The van der Waals surface area contributed by atoms with Gasteiger partial charge < -0.3 is 32.5 Å². The molecule has 0 aromatic heterocycles. The maximum Gasteiger partial charge on any atom is 0.326 e. The van der Waals surface area contributed by atoms with Gasteiger partial charge in [0.05, 0.1) is 6.54 Å². The number of aliphatic carboxylic acids is 1. The second-order valence-electron chi connectivity index (χ2n) is 8.11. The molecule has 4 amide bonds. The first-order chi connectivity index (χ1) is 15.5.